The molecule has 0 bridgehead atoms. The summed E-state index contributed by atoms with van der Waals surface area (Å²) >= 11 is 0. The number of amides is 1. The van der Waals surface area contributed by atoms with E-state index in [9.17, 15) is 13.2 Å². The van der Waals surface area contributed by atoms with E-state index in [0.717, 1.165) is 25.2 Å². The summed E-state index contributed by atoms with van der Waals surface area (Å²) in [6.45, 7) is 3.93. The summed E-state index contributed by atoms with van der Waals surface area (Å²) in [5.41, 5.74) is 2.09. The molecule has 0 radical (unpaired) electrons. The van der Waals surface area contributed by atoms with Crippen LogP contribution in [0.2, 0.25) is 0 Å². The number of carbonyl (C=O) groups excluding carboxylic acids is 1. The Bertz CT molecular complexity index is 1150. The van der Waals surface area contributed by atoms with Gasteiger partial charge in [0.15, 0.2) is 0 Å². The second kappa shape index (κ2) is 8.55. The third-order valence-electron chi connectivity index (χ3n) is 5.61. The minimum absolute atomic E-state index is 0.0562. The number of primary sulfonamides is 1. The Labute approximate surface area is 177 Å². The van der Waals surface area contributed by atoms with Gasteiger partial charge in [-0.2, -0.15) is 0 Å². The normalized spacial score (nSPS) is 15.4. The molecule has 4 rings (SSSR count). The van der Waals surface area contributed by atoms with E-state index in [4.69, 9.17) is 5.14 Å². The maximum absolute atomic E-state index is 12.7. The lowest BCUT2D eigenvalue weighted by Crippen LogP contribution is -2.48. The van der Waals surface area contributed by atoms with E-state index in [-0.39, 0.29) is 17.2 Å². The van der Waals surface area contributed by atoms with Gasteiger partial charge < -0.3 is 4.90 Å². The van der Waals surface area contributed by atoms with Gasteiger partial charge in [-0.05, 0) is 34.0 Å². The standard InChI is InChI=1S/C23H25N3O3S/c24-30(28,29)21-10-8-18(9-11-21)16-23(27)26-14-12-25(13-15-26)17-20-6-3-5-19-4-1-2-7-22(19)20/h1-11H,12-17H2,(H2,24,28,29). The average Bonchev–Trinajstić information content (AvgIpc) is 2.74. The molecule has 0 aromatic heterocycles. The summed E-state index contributed by atoms with van der Waals surface area (Å²) in [6, 6.07) is 21.0. The van der Waals surface area contributed by atoms with E-state index in [1.54, 1.807) is 12.1 Å². The summed E-state index contributed by atoms with van der Waals surface area (Å²) < 4.78 is 22.7. The second-order valence-corrected chi connectivity index (χ2v) is 9.22. The van der Waals surface area contributed by atoms with E-state index in [1.165, 1.54) is 28.5 Å². The quantitative estimate of drug-likeness (QED) is 0.683. The Kier molecular flexibility index (Phi) is 5.85. The summed E-state index contributed by atoms with van der Waals surface area (Å²) in [5.74, 6) is 0.0585. The smallest absolute Gasteiger partial charge is 0.238 e. The zero-order chi connectivity index (χ0) is 21.1. The van der Waals surface area contributed by atoms with Crippen molar-refractivity contribution in [3.8, 4) is 0 Å². The van der Waals surface area contributed by atoms with Crippen LogP contribution in [0.1, 0.15) is 11.1 Å². The summed E-state index contributed by atoms with van der Waals surface area (Å²) in [4.78, 5) is 17.0. The molecule has 2 N–H and O–H groups in total. The van der Waals surface area contributed by atoms with Gasteiger partial charge in [0.05, 0.1) is 11.3 Å². The van der Waals surface area contributed by atoms with Gasteiger partial charge in [-0.25, -0.2) is 13.6 Å². The number of carbonyl (C=O) groups is 1. The molecule has 1 aliphatic heterocycles. The van der Waals surface area contributed by atoms with Crippen LogP contribution in [0.4, 0.5) is 0 Å². The number of nitrogens with zero attached hydrogens (tertiary/aromatic N) is 2. The lowest BCUT2D eigenvalue weighted by Gasteiger charge is -2.35. The molecule has 1 aliphatic rings. The van der Waals surface area contributed by atoms with Gasteiger partial charge in [0.25, 0.3) is 0 Å². The molecule has 156 valence electrons. The zero-order valence-corrected chi connectivity index (χ0v) is 17.5. The van der Waals surface area contributed by atoms with Crippen LogP contribution >= 0.6 is 0 Å². The molecule has 30 heavy (non-hydrogen) atoms. The maximum atomic E-state index is 12.7. The fourth-order valence-corrected chi connectivity index (χ4v) is 4.43. The summed E-state index contributed by atoms with van der Waals surface area (Å²) in [6.07, 6.45) is 0.258. The van der Waals surface area contributed by atoms with Crippen molar-refractivity contribution in [3.05, 3.63) is 77.9 Å². The van der Waals surface area contributed by atoms with Gasteiger partial charge >= 0.3 is 0 Å². The first-order chi connectivity index (χ1) is 14.4. The van der Waals surface area contributed by atoms with E-state index >= 15 is 0 Å². The van der Waals surface area contributed by atoms with Crippen molar-refractivity contribution in [2.75, 3.05) is 26.2 Å². The molecular weight excluding hydrogens is 398 g/mol. The fraction of sp³-hybridized carbons (Fsp3) is 0.261. The predicted molar refractivity (Wildman–Crippen MR) is 117 cm³/mol. The van der Waals surface area contributed by atoms with Gasteiger partial charge in [0.1, 0.15) is 0 Å². The molecule has 1 amide bonds. The molecule has 0 saturated carbocycles. The predicted octanol–water partition coefficient (Wildman–Crippen LogP) is 2.37. The molecule has 1 saturated heterocycles. The van der Waals surface area contributed by atoms with Crippen LogP contribution in [-0.4, -0.2) is 50.3 Å². The van der Waals surface area contributed by atoms with E-state index in [1.807, 2.05) is 4.90 Å². The number of hydrogen-bond donors (Lipinski definition) is 1. The van der Waals surface area contributed by atoms with E-state index in [0.29, 0.717) is 13.1 Å². The van der Waals surface area contributed by atoms with Gasteiger partial charge in [-0.1, -0.05) is 54.6 Å². The monoisotopic (exact) mass is 423 g/mol. The molecule has 3 aromatic rings. The zero-order valence-electron chi connectivity index (χ0n) is 16.7. The Morgan fingerprint density at radius 3 is 2.23 bits per heavy atom. The molecule has 0 aliphatic carbocycles. The first-order valence-electron chi connectivity index (χ1n) is 9.99. The fourth-order valence-electron chi connectivity index (χ4n) is 3.91. The van der Waals surface area contributed by atoms with Crippen LogP contribution in [0, 0.1) is 0 Å². The Hall–Kier alpha value is -2.74. The second-order valence-electron chi connectivity index (χ2n) is 7.66. The van der Waals surface area contributed by atoms with Gasteiger partial charge in [-0.15, -0.1) is 0 Å². The first-order valence-corrected chi connectivity index (χ1v) is 11.5. The minimum Gasteiger partial charge on any atom is -0.340 e. The Morgan fingerprint density at radius 2 is 1.53 bits per heavy atom. The third-order valence-corrected chi connectivity index (χ3v) is 6.54. The highest BCUT2D eigenvalue weighted by Crippen LogP contribution is 2.21. The van der Waals surface area contributed by atoms with Gasteiger partial charge in [-0.3, -0.25) is 9.69 Å². The summed E-state index contributed by atoms with van der Waals surface area (Å²) in [7, 11) is -3.72. The average molecular weight is 424 g/mol. The van der Waals surface area contributed by atoms with E-state index in [2.05, 4.69) is 47.4 Å². The van der Waals surface area contributed by atoms with Crippen LogP contribution in [0.15, 0.2) is 71.6 Å². The molecule has 0 unspecified atom stereocenters. The maximum Gasteiger partial charge on any atom is 0.238 e. The topological polar surface area (TPSA) is 83.7 Å². The first kappa shape index (κ1) is 20.5. The van der Waals surface area contributed by atoms with Crippen molar-refractivity contribution < 1.29 is 13.2 Å². The van der Waals surface area contributed by atoms with Crippen LogP contribution in [0.5, 0.6) is 0 Å². The molecule has 7 heteroatoms. The number of benzene rings is 3. The minimum atomic E-state index is -3.72. The molecule has 0 spiro atoms. The lowest BCUT2D eigenvalue weighted by molar-refractivity contribution is -0.132. The van der Waals surface area contributed by atoms with Crippen LogP contribution in [0.3, 0.4) is 0 Å². The number of fused-ring (bicyclic) bond motifs is 1. The molecule has 6 nitrogen and oxygen atoms in total. The van der Waals surface area contributed by atoms with Crippen molar-refractivity contribution in [2.24, 2.45) is 5.14 Å². The highest BCUT2D eigenvalue weighted by molar-refractivity contribution is 7.89. The number of sulfonamides is 1. The molecule has 1 heterocycles. The largest absolute Gasteiger partial charge is 0.340 e. The number of hydrogen-bond acceptors (Lipinski definition) is 4. The molecular formula is C23H25N3O3S. The van der Waals surface area contributed by atoms with Crippen LogP contribution < -0.4 is 5.14 Å². The van der Waals surface area contributed by atoms with Crippen molar-refractivity contribution in [1.82, 2.24) is 9.80 Å². The van der Waals surface area contributed by atoms with Crippen molar-refractivity contribution >= 4 is 26.7 Å². The van der Waals surface area contributed by atoms with Crippen molar-refractivity contribution in [1.29, 1.82) is 0 Å². The third kappa shape index (κ3) is 4.70. The number of nitrogens with two attached hydrogens (primary N) is 1. The van der Waals surface area contributed by atoms with E-state index < -0.39 is 10.0 Å². The van der Waals surface area contributed by atoms with Crippen LogP contribution in [-0.2, 0) is 27.8 Å². The number of piperazine rings is 1. The van der Waals surface area contributed by atoms with Gasteiger partial charge in [0.2, 0.25) is 15.9 Å². The lowest BCUT2D eigenvalue weighted by atomic mass is 10.0. The van der Waals surface area contributed by atoms with Crippen LogP contribution in [0.25, 0.3) is 10.8 Å². The molecule has 0 atom stereocenters. The SMILES string of the molecule is NS(=O)(=O)c1ccc(CC(=O)N2CCN(Cc3cccc4ccccc34)CC2)cc1. The highest BCUT2D eigenvalue weighted by atomic mass is 32.2. The van der Waals surface area contributed by atoms with Crippen molar-refractivity contribution in [2.45, 2.75) is 17.9 Å². The number of rotatable bonds is 5. The van der Waals surface area contributed by atoms with Crippen molar-refractivity contribution in [3.63, 3.8) is 0 Å². The highest BCUT2D eigenvalue weighted by Gasteiger charge is 2.21. The Morgan fingerprint density at radius 1 is 0.867 bits per heavy atom. The summed E-state index contributed by atoms with van der Waals surface area (Å²) in [5, 5.41) is 7.64. The molecule has 3 aromatic carbocycles. The Balaban J connectivity index is 1.33. The van der Waals surface area contributed by atoms with Gasteiger partial charge in [0, 0.05) is 32.7 Å². The molecule has 1 fully saturated rings.